The van der Waals surface area contributed by atoms with Gasteiger partial charge in [-0.05, 0) is 42.7 Å². The smallest absolute Gasteiger partial charge is 0.253 e. The van der Waals surface area contributed by atoms with Crippen molar-refractivity contribution in [3.05, 3.63) is 70.8 Å². The molecule has 0 bridgehead atoms. The highest BCUT2D eigenvalue weighted by Crippen LogP contribution is 2.08. The summed E-state index contributed by atoms with van der Waals surface area (Å²) in [6.07, 6.45) is 0. The summed E-state index contributed by atoms with van der Waals surface area (Å²) < 4.78 is 0. The molecule has 0 atom stereocenters. The average molecular weight is 352 g/mol. The molecule has 0 aliphatic carbocycles. The minimum absolute atomic E-state index is 0.00767. The normalized spacial score (nSPS) is 11.2. The molecule has 138 valence electrons. The molecular formula is C21H28N4O. The van der Waals surface area contributed by atoms with Crippen LogP contribution in [0, 0.1) is 6.92 Å². The number of guanidine groups is 1. The monoisotopic (exact) mass is 352 g/mol. The van der Waals surface area contributed by atoms with Gasteiger partial charge in [-0.2, -0.15) is 0 Å². The summed E-state index contributed by atoms with van der Waals surface area (Å²) in [5, 5.41) is 6.64. The van der Waals surface area contributed by atoms with Gasteiger partial charge in [-0.15, -0.1) is 0 Å². The lowest BCUT2D eigenvalue weighted by atomic mass is 10.1. The zero-order valence-electron chi connectivity index (χ0n) is 16.0. The van der Waals surface area contributed by atoms with Crippen LogP contribution in [0.5, 0.6) is 0 Å². The van der Waals surface area contributed by atoms with Crippen molar-refractivity contribution in [2.75, 3.05) is 20.6 Å². The van der Waals surface area contributed by atoms with Gasteiger partial charge in [0.1, 0.15) is 0 Å². The number of hydrogen-bond donors (Lipinski definition) is 2. The Labute approximate surface area is 156 Å². The highest BCUT2D eigenvalue weighted by molar-refractivity contribution is 5.93. The molecule has 0 saturated heterocycles. The lowest BCUT2D eigenvalue weighted by Gasteiger charge is -2.13. The van der Waals surface area contributed by atoms with Gasteiger partial charge < -0.3 is 15.5 Å². The topological polar surface area (TPSA) is 56.7 Å². The molecule has 5 heteroatoms. The van der Waals surface area contributed by atoms with Crippen LogP contribution in [0.3, 0.4) is 0 Å². The van der Waals surface area contributed by atoms with E-state index in [0.29, 0.717) is 12.1 Å². The minimum atomic E-state index is 0.00767. The number of carbonyl (C=O) groups excluding carboxylic acids is 1. The second-order valence-electron chi connectivity index (χ2n) is 6.37. The minimum Gasteiger partial charge on any atom is -0.357 e. The summed E-state index contributed by atoms with van der Waals surface area (Å²) in [5.41, 5.74) is 4.27. The molecule has 0 aromatic heterocycles. The third-order valence-electron chi connectivity index (χ3n) is 4.08. The van der Waals surface area contributed by atoms with E-state index in [1.54, 1.807) is 19.0 Å². The van der Waals surface area contributed by atoms with Crippen LogP contribution in [0.15, 0.2) is 53.5 Å². The second-order valence-corrected chi connectivity index (χ2v) is 6.37. The van der Waals surface area contributed by atoms with Crippen molar-refractivity contribution in [2.24, 2.45) is 4.99 Å². The maximum Gasteiger partial charge on any atom is 0.253 e. The van der Waals surface area contributed by atoms with Crippen LogP contribution < -0.4 is 10.6 Å². The Bertz CT molecular complexity index is 751. The molecule has 1 amide bonds. The quantitative estimate of drug-likeness (QED) is 0.621. The number of amides is 1. The molecule has 2 aromatic rings. The second kappa shape index (κ2) is 9.61. The van der Waals surface area contributed by atoms with Crippen molar-refractivity contribution in [3.8, 4) is 0 Å². The summed E-state index contributed by atoms with van der Waals surface area (Å²) >= 11 is 0. The molecule has 5 nitrogen and oxygen atoms in total. The number of aliphatic imine (C=N–C) groups is 1. The van der Waals surface area contributed by atoms with E-state index in [1.807, 2.05) is 43.3 Å². The molecule has 0 aliphatic rings. The number of nitrogens with zero attached hydrogens (tertiary/aromatic N) is 2. The molecule has 2 N–H and O–H groups in total. The number of carbonyl (C=O) groups is 1. The first-order chi connectivity index (χ1) is 12.5. The predicted molar refractivity (Wildman–Crippen MR) is 107 cm³/mol. The van der Waals surface area contributed by atoms with Gasteiger partial charge in [-0.1, -0.05) is 36.4 Å². The molecule has 0 saturated carbocycles. The molecule has 2 rings (SSSR count). The fraction of sp³-hybridized carbons (Fsp3) is 0.333. The van der Waals surface area contributed by atoms with Gasteiger partial charge in [0.05, 0.1) is 6.54 Å². The Morgan fingerprint density at radius 2 is 1.73 bits per heavy atom. The zero-order chi connectivity index (χ0) is 18.9. The largest absolute Gasteiger partial charge is 0.357 e. The fourth-order valence-electron chi connectivity index (χ4n) is 2.51. The first-order valence-electron chi connectivity index (χ1n) is 8.88. The van der Waals surface area contributed by atoms with Gasteiger partial charge >= 0.3 is 0 Å². The maximum absolute atomic E-state index is 11.9. The molecule has 0 fully saturated rings. The van der Waals surface area contributed by atoms with Crippen LogP contribution in [0.2, 0.25) is 0 Å². The van der Waals surface area contributed by atoms with Crippen molar-refractivity contribution in [1.29, 1.82) is 0 Å². The predicted octanol–water partition coefficient (Wildman–Crippen LogP) is 2.95. The lowest BCUT2D eigenvalue weighted by molar-refractivity contribution is 0.0827. The molecule has 0 aliphatic heterocycles. The highest BCUT2D eigenvalue weighted by atomic mass is 16.2. The van der Waals surface area contributed by atoms with Crippen LogP contribution >= 0.6 is 0 Å². The van der Waals surface area contributed by atoms with Crippen LogP contribution in [-0.2, 0) is 13.1 Å². The van der Waals surface area contributed by atoms with E-state index in [0.717, 1.165) is 24.6 Å². The highest BCUT2D eigenvalue weighted by Gasteiger charge is 2.07. The molecule has 0 unspecified atom stereocenters. The fourth-order valence-corrected chi connectivity index (χ4v) is 2.51. The molecule has 0 heterocycles. The van der Waals surface area contributed by atoms with Crippen molar-refractivity contribution < 1.29 is 4.79 Å². The summed E-state index contributed by atoms with van der Waals surface area (Å²) in [4.78, 5) is 18.1. The zero-order valence-corrected chi connectivity index (χ0v) is 16.0. The average Bonchev–Trinajstić information content (AvgIpc) is 2.65. The molecule has 2 aromatic carbocycles. The number of benzene rings is 2. The van der Waals surface area contributed by atoms with E-state index in [1.165, 1.54) is 11.1 Å². The van der Waals surface area contributed by atoms with Crippen LogP contribution in [0.1, 0.15) is 34.0 Å². The molecule has 0 spiro atoms. The van der Waals surface area contributed by atoms with E-state index >= 15 is 0 Å². The van der Waals surface area contributed by atoms with Crippen molar-refractivity contribution >= 4 is 11.9 Å². The van der Waals surface area contributed by atoms with E-state index in [-0.39, 0.29) is 5.91 Å². The van der Waals surface area contributed by atoms with E-state index in [4.69, 9.17) is 0 Å². The van der Waals surface area contributed by atoms with E-state index < -0.39 is 0 Å². The number of nitrogens with one attached hydrogen (secondary N) is 2. The van der Waals surface area contributed by atoms with Gasteiger partial charge in [0.25, 0.3) is 5.91 Å². The molecule has 0 radical (unpaired) electrons. The van der Waals surface area contributed by atoms with E-state index in [9.17, 15) is 4.79 Å². The maximum atomic E-state index is 11.9. The van der Waals surface area contributed by atoms with Crippen molar-refractivity contribution in [3.63, 3.8) is 0 Å². The van der Waals surface area contributed by atoms with Gasteiger partial charge in [-0.3, -0.25) is 4.79 Å². The lowest BCUT2D eigenvalue weighted by Crippen LogP contribution is -2.36. The summed E-state index contributed by atoms with van der Waals surface area (Å²) in [6, 6.07) is 15.9. The van der Waals surface area contributed by atoms with E-state index in [2.05, 4.69) is 34.7 Å². The summed E-state index contributed by atoms with van der Waals surface area (Å²) in [5.74, 6) is 0.789. The standard InChI is InChI=1S/C21H28N4O/c1-5-22-21(24-15-19-9-7-6-8-16(19)2)23-14-17-10-12-18(13-11-17)20(26)25(3)4/h6-13H,5,14-15H2,1-4H3,(H2,22,23,24). The molecular weight excluding hydrogens is 324 g/mol. The Kier molecular flexibility index (Phi) is 7.21. The van der Waals surface area contributed by atoms with Crippen LogP contribution in [0.4, 0.5) is 0 Å². The third kappa shape index (κ3) is 5.62. The summed E-state index contributed by atoms with van der Waals surface area (Å²) in [7, 11) is 3.51. The van der Waals surface area contributed by atoms with Gasteiger partial charge in [0.2, 0.25) is 0 Å². The Balaban J connectivity index is 2.00. The Morgan fingerprint density at radius 1 is 1.04 bits per heavy atom. The Morgan fingerprint density at radius 3 is 2.35 bits per heavy atom. The Hall–Kier alpha value is -2.82. The van der Waals surface area contributed by atoms with Crippen LogP contribution in [0.25, 0.3) is 0 Å². The first-order valence-corrected chi connectivity index (χ1v) is 8.88. The van der Waals surface area contributed by atoms with Crippen LogP contribution in [-0.4, -0.2) is 37.4 Å². The molecule has 26 heavy (non-hydrogen) atoms. The van der Waals surface area contributed by atoms with Crippen molar-refractivity contribution in [1.82, 2.24) is 15.5 Å². The van der Waals surface area contributed by atoms with Gasteiger partial charge in [0, 0.05) is 32.7 Å². The number of hydrogen-bond acceptors (Lipinski definition) is 2. The van der Waals surface area contributed by atoms with Crippen molar-refractivity contribution in [2.45, 2.75) is 26.9 Å². The summed E-state index contributed by atoms with van der Waals surface area (Å²) in [6.45, 7) is 6.24. The van der Waals surface area contributed by atoms with Gasteiger partial charge in [0.15, 0.2) is 5.96 Å². The first kappa shape index (κ1) is 19.5. The SMILES string of the molecule is CCNC(=NCc1ccc(C(=O)N(C)C)cc1)NCc1ccccc1C. The number of aryl methyl sites for hydroxylation is 1. The number of rotatable bonds is 6. The third-order valence-corrected chi connectivity index (χ3v) is 4.08. The van der Waals surface area contributed by atoms with Gasteiger partial charge in [-0.25, -0.2) is 4.99 Å².